The quantitative estimate of drug-likeness (QED) is 0.709. The number of aryl methyl sites for hydroxylation is 2. The summed E-state index contributed by atoms with van der Waals surface area (Å²) in [7, 11) is -3.67. The van der Waals surface area contributed by atoms with Crippen LogP contribution in [-0.2, 0) is 14.8 Å². The number of carbonyl (C=O) groups is 1. The number of hydrogen-bond acceptors (Lipinski definition) is 4. The Bertz CT molecular complexity index is 955. The molecule has 7 heteroatoms. The van der Waals surface area contributed by atoms with E-state index in [1.165, 1.54) is 0 Å². The minimum Gasteiger partial charge on any atom is -0.494 e. The van der Waals surface area contributed by atoms with Crippen molar-refractivity contribution in [1.82, 2.24) is 5.32 Å². The molecule has 0 heterocycles. The van der Waals surface area contributed by atoms with Gasteiger partial charge in [-0.05, 0) is 70.0 Å². The number of carbonyl (C=O) groups excluding carboxylic acids is 1. The van der Waals surface area contributed by atoms with E-state index in [-0.39, 0.29) is 11.9 Å². The molecule has 29 heavy (non-hydrogen) atoms. The molecule has 1 N–H and O–H groups in total. The fourth-order valence-corrected chi connectivity index (χ4v) is 4.48. The van der Waals surface area contributed by atoms with Crippen LogP contribution in [0.3, 0.4) is 0 Å². The number of anilines is 1. The van der Waals surface area contributed by atoms with Crippen LogP contribution in [0.5, 0.6) is 5.75 Å². The number of nitrogens with one attached hydrogen (secondary N) is 1. The van der Waals surface area contributed by atoms with Gasteiger partial charge in [0.1, 0.15) is 11.8 Å². The molecule has 2 rings (SSSR count). The van der Waals surface area contributed by atoms with Crippen molar-refractivity contribution in [2.24, 2.45) is 0 Å². The molecule has 2 aromatic carbocycles. The van der Waals surface area contributed by atoms with Gasteiger partial charge in [0.15, 0.2) is 0 Å². The number of rotatable bonds is 8. The average Bonchev–Trinajstić information content (AvgIpc) is 2.64. The molecule has 1 amide bonds. The summed E-state index contributed by atoms with van der Waals surface area (Å²) in [6.45, 7) is 9.86. The summed E-state index contributed by atoms with van der Waals surface area (Å²) in [5.74, 6) is 0.281. The van der Waals surface area contributed by atoms with Gasteiger partial charge >= 0.3 is 0 Å². The summed E-state index contributed by atoms with van der Waals surface area (Å²) in [5.41, 5.74) is 3.60. The van der Waals surface area contributed by atoms with E-state index in [1.54, 1.807) is 31.2 Å². The molecule has 6 nitrogen and oxygen atoms in total. The third-order valence-corrected chi connectivity index (χ3v) is 5.99. The number of sulfonamides is 1. The van der Waals surface area contributed by atoms with Crippen LogP contribution >= 0.6 is 0 Å². The lowest BCUT2D eigenvalue weighted by molar-refractivity contribution is -0.122. The van der Waals surface area contributed by atoms with Crippen LogP contribution in [0.4, 0.5) is 5.69 Å². The highest BCUT2D eigenvalue weighted by Crippen LogP contribution is 2.25. The Morgan fingerprint density at radius 3 is 2.28 bits per heavy atom. The molecule has 0 unspecified atom stereocenters. The summed E-state index contributed by atoms with van der Waals surface area (Å²) >= 11 is 0. The molecular formula is C22H30N2O4S. The number of benzene rings is 2. The fourth-order valence-electron chi connectivity index (χ4n) is 3.30. The molecular weight excluding hydrogens is 388 g/mol. The van der Waals surface area contributed by atoms with Crippen LogP contribution in [0.1, 0.15) is 43.5 Å². The van der Waals surface area contributed by atoms with E-state index < -0.39 is 16.1 Å². The molecule has 0 radical (unpaired) electrons. The van der Waals surface area contributed by atoms with Crippen molar-refractivity contribution < 1.29 is 17.9 Å². The van der Waals surface area contributed by atoms with Gasteiger partial charge in [-0.3, -0.25) is 9.10 Å². The summed E-state index contributed by atoms with van der Waals surface area (Å²) in [4.78, 5) is 12.9. The van der Waals surface area contributed by atoms with E-state index in [4.69, 9.17) is 4.74 Å². The van der Waals surface area contributed by atoms with E-state index in [9.17, 15) is 13.2 Å². The molecule has 0 saturated carbocycles. The number of nitrogens with zero attached hydrogens (tertiary/aromatic N) is 1. The highest BCUT2D eigenvalue weighted by molar-refractivity contribution is 7.92. The van der Waals surface area contributed by atoms with Gasteiger partial charge in [-0.1, -0.05) is 23.8 Å². The van der Waals surface area contributed by atoms with E-state index in [0.29, 0.717) is 18.0 Å². The molecule has 158 valence electrons. The normalized spacial score (nSPS) is 13.4. The predicted octanol–water partition coefficient (Wildman–Crippen LogP) is 3.73. The van der Waals surface area contributed by atoms with Gasteiger partial charge in [0.05, 0.1) is 24.6 Å². The first-order chi connectivity index (χ1) is 13.5. The Labute approximate surface area is 173 Å². The topological polar surface area (TPSA) is 75.7 Å². The predicted molar refractivity (Wildman–Crippen MR) is 117 cm³/mol. The van der Waals surface area contributed by atoms with Crippen molar-refractivity contribution >= 4 is 21.6 Å². The Morgan fingerprint density at radius 1 is 1.10 bits per heavy atom. The van der Waals surface area contributed by atoms with Gasteiger partial charge in [0.25, 0.3) is 0 Å². The van der Waals surface area contributed by atoms with Gasteiger partial charge < -0.3 is 10.1 Å². The lowest BCUT2D eigenvalue weighted by Crippen LogP contribution is -2.48. The third kappa shape index (κ3) is 5.73. The van der Waals surface area contributed by atoms with Gasteiger partial charge in [0, 0.05) is 0 Å². The monoisotopic (exact) mass is 418 g/mol. The van der Waals surface area contributed by atoms with Crippen LogP contribution in [0.25, 0.3) is 0 Å². The SMILES string of the molecule is CCOc1ccc(N([C@@H](C)C(=O)N[C@H](C)c2cc(C)ccc2C)S(C)(=O)=O)cc1. The first-order valence-electron chi connectivity index (χ1n) is 9.64. The molecule has 2 atom stereocenters. The van der Waals surface area contributed by atoms with Gasteiger partial charge in [-0.25, -0.2) is 8.42 Å². The van der Waals surface area contributed by atoms with Crippen molar-refractivity contribution in [1.29, 1.82) is 0 Å². The van der Waals surface area contributed by atoms with Crippen molar-refractivity contribution in [3.63, 3.8) is 0 Å². The first kappa shape index (κ1) is 22.7. The maximum absolute atomic E-state index is 12.9. The maximum Gasteiger partial charge on any atom is 0.244 e. The Kier molecular flexibility index (Phi) is 7.30. The number of ether oxygens (including phenoxy) is 1. The van der Waals surface area contributed by atoms with Crippen molar-refractivity contribution in [2.45, 2.75) is 46.7 Å². The maximum atomic E-state index is 12.9. The highest BCUT2D eigenvalue weighted by atomic mass is 32.2. The lowest BCUT2D eigenvalue weighted by Gasteiger charge is -2.29. The number of amides is 1. The smallest absolute Gasteiger partial charge is 0.244 e. The second-order valence-corrected chi connectivity index (χ2v) is 9.11. The zero-order valence-corrected chi connectivity index (χ0v) is 18.7. The van der Waals surface area contributed by atoms with Crippen LogP contribution < -0.4 is 14.4 Å². The third-order valence-electron chi connectivity index (χ3n) is 4.75. The Balaban J connectivity index is 2.25. The van der Waals surface area contributed by atoms with Gasteiger partial charge in [0.2, 0.25) is 15.9 Å². The van der Waals surface area contributed by atoms with E-state index in [2.05, 4.69) is 5.32 Å². The van der Waals surface area contributed by atoms with E-state index in [1.807, 2.05) is 45.9 Å². The standard InChI is InChI=1S/C22H30N2O4S/c1-7-28-20-12-10-19(11-13-20)24(29(6,26)27)18(5)22(25)23-17(4)21-14-15(2)8-9-16(21)3/h8-14,17-18H,7H2,1-6H3,(H,23,25)/t17-,18+/m1/s1. The van der Waals surface area contributed by atoms with Crippen molar-refractivity contribution in [3.05, 3.63) is 59.2 Å². The average molecular weight is 419 g/mol. The molecule has 0 fully saturated rings. The molecule has 0 aliphatic carbocycles. The molecule has 0 saturated heterocycles. The van der Waals surface area contributed by atoms with Gasteiger partial charge in [-0.15, -0.1) is 0 Å². The van der Waals surface area contributed by atoms with Crippen molar-refractivity contribution in [2.75, 3.05) is 17.2 Å². The van der Waals surface area contributed by atoms with E-state index >= 15 is 0 Å². The summed E-state index contributed by atoms with van der Waals surface area (Å²) in [6, 6.07) is 11.6. The minimum absolute atomic E-state index is 0.244. The largest absolute Gasteiger partial charge is 0.494 e. The van der Waals surface area contributed by atoms with Crippen LogP contribution in [-0.4, -0.2) is 33.2 Å². The summed E-state index contributed by atoms with van der Waals surface area (Å²) in [6.07, 6.45) is 1.10. The minimum atomic E-state index is -3.67. The van der Waals surface area contributed by atoms with Crippen LogP contribution in [0.2, 0.25) is 0 Å². The molecule has 0 aromatic heterocycles. The number of hydrogen-bond donors (Lipinski definition) is 1. The second-order valence-electron chi connectivity index (χ2n) is 7.25. The van der Waals surface area contributed by atoms with Crippen molar-refractivity contribution in [3.8, 4) is 5.75 Å². The second kappa shape index (κ2) is 9.31. The molecule has 0 aliphatic rings. The highest BCUT2D eigenvalue weighted by Gasteiger charge is 2.30. The lowest BCUT2D eigenvalue weighted by atomic mass is 10.00. The molecule has 0 aliphatic heterocycles. The Hall–Kier alpha value is -2.54. The zero-order chi connectivity index (χ0) is 21.8. The molecule has 0 bridgehead atoms. The van der Waals surface area contributed by atoms with Crippen LogP contribution in [0.15, 0.2) is 42.5 Å². The Morgan fingerprint density at radius 2 is 1.72 bits per heavy atom. The zero-order valence-electron chi connectivity index (χ0n) is 17.9. The summed E-state index contributed by atoms with van der Waals surface area (Å²) in [5, 5.41) is 2.95. The van der Waals surface area contributed by atoms with E-state index in [0.717, 1.165) is 27.3 Å². The molecule has 0 spiro atoms. The molecule has 2 aromatic rings. The fraction of sp³-hybridized carbons (Fsp3) is 0.409. The summed E-state index contributed by atoms with van der Waals surface area (Å²) < 4.78 is 31.5. The first-order valence-corrected chi connectivity index (χ1v) is 11.5. The van der Waals surface area contributed by atoms with Gasteiger partial charge in [-0.2, -0.15) is 0 Å². The van der Waals surface area contributed by atoms with Crippen LogP contribution in [0, 0.1) is 13.8 Å².